The summed E-state index contributed by atoms with van der Waals surface area (Å²) >= 11 is 0. The van der Waals surface area contributed by atoms with Crippen molar-refractivity contribution >= 4 is 28.1 Å². The molecule has 4 nitrogen and oxygen atoms in total. The summed E-state index contributed by atoms with van der Waals surface area (Å²) in [7, 11) is -1.21. The van der Waals surface area contributed by atoms with E-state index in [1.807, 2.05) is 0 Å². The van der Waals surface area contributed by atoms with Crippen molar-refractivity contribution in [3.63, 3.8) is 0 Å². The number of hydrogen-bond acceptors (Lipinski definition) is 3. The lowest BCUT2D eigenvalue weighted by atomic mass is 10.2. The zero-order chi connectivity index (χ0) is 13.0. The van der Waals surface area contributed by atoms with Crippen LogP contribution < -0.4 is 11.1 Å². The molecule has 0 aliphatic rings. The summed E-state index contributed by atoms with van der Waals surface area (Å²) in [6, 6.07) is 3.70. The van der Waals surface area contributed by atoms with Gasteiger partial charge in [-0.25, -0.2) is 4.39 Å². The van der Waals surface area contributed by atoms with Crippen LogP contribution in [0.5, 0.6) is 0 Å². The van der Waals surface area contributed by atoms with Gasteiger partial charge in [-0.05, 0) is 18.2 Å². The average Bonchev–Trinajstić information content (AvgIpc) is 2.22. The van der Waals surface area contributed by atoms with E-state index in [1.165, 1.54) is 12.1 Å². The lowest BCUT2D eigenvalue weighted by Gasteiger charge is -2.09. The van der Waals surface area contributed by atoms with Gasteiger partial charge in [0.05, 0.1) is 11.4 Å². The Bertz CT molecular complexity index is 449. The van der Waals surface area contributed by atoms with Gasteiger partial charge < -0.3 is 11.1 Å². The van der Waals surface area contributed by atoms with Gasteiger partial charge in [-0.1, -0.05) is 13.8 Å². The third kappa shape index (κ3) is 4.14. The van der Waals surface area contributed by atoms with Crippen LogP contribution in [0.4, 0.5) is 15.8 Å². The summed E-state index contributed by atoms with van der Waals surface area (Å²) in [5.41, 5.74) is 6.01. The molecular formula is C11H15FN2O2S. The number of nitrogens with one attached hydrogen (secondary N) is 1. The van der Waals surface area contributed by atoms with Crippen LogP contribution in [0.3, 0.4) is 0 Å². The van der Waals surface area contributed by atoms with Crippen LogP contribution in [0.2, 0.25) is 0 Å². The number of nitrogen functional groups attached to an aromatic ring is 1. The predicted octanol–water partition coefficient (Wildman–Crippen LogP) is 1.50. The van der Waals surface area contributed by atoms with E-state index >= 15 is 0 Å². The fourth-order valence-electron chi connectivity index (χ4n) is 1.13. The van der Waals surface area contributed by atoms with Crippen molar-refractivity contribution in [1.82, 2.24) is 0 Å². The second-order valence-electron chi connectivity index (χ2n) is 3.85. The van der Waals surface area contributed by atoms with Gasteiger partial charge in [-0.3, -0.25) is 9.00 Å². The fraction of sp³-hybridized carbons (Fsp3) is 0.364. The van der Waals surface area contributed by atoms with E-state index in [2.05, 4.69) is 5.32 Å². The van der Waals surface area contributed by atoms with Crippen LogP contribution in [-0.2, 0) is 15.6 Å². The molecule has 0 fully saturated rings. The number of nitrogens with two attached hydrogens (primary N) is 1. The van der Waals surface area contributed by atoms with E-state index in [4.69, 9.17) is 5.73 Å². The van der Waals surface area contributed by atoms with Gasteiger partial charge in [0.25, 0.3) is 0 Å². The molecule has 94 valence electrons. The molecule has 1 rings (SSSR count). The molecule has 0 bridgehead atoms. The van der Waals surface area contributed by atoms with E-state index < -0.39 is 22.5 Å². The SMILES string of the molecule is CC(C)S(=O)CC(=O)Nc1ccc(F)cc1N. The average molecular weight is 258 g/mol. The second kappa shape index (κ2) is 5.77. The predicted molar refractivity (Wildman–Crippen MR) is 67.6 cm³/mol. The molecule has 3 N–H and O–H groups in total. The van der Waals surface area contributed by atoms with Crippen LogP contribution in [0.1, 0.15) is 13.8 Å². The van der Waals surface area contributed by atoms with Gasteiger partial charge in [-0.15, -0.1) is 0 Å². The Morgan fingerprint density at radius 1 is 1.53 bits per heavy atom. The normalized spacial score (nSPS) is 12.5. The number of halogens is 1. The molecule has 0 saturated heterocycles. The maximum absolute atomic E-state index is 12.8. The molecule has 1 aromatic rings. The minimum Gasteiger partial charge on any atom is -0.397 e. The number of carbonyl (C=O) groups is 1. The van der Waals surface area contributed by atoms with Crippen LogP contribution in [0.25, 0.3) is 0 Å². The largest absolute Gasteiger partial charge is 0.397 e. The molecule has 0 aromatic heterocycles. The third-order valence-electron chi connectivity index (χ3n) is 2.09. The van der Waals surface area contributed by atoms with Gasteiger partial charge >= 0.3 is 0 Å². The zero-order valence-electron chi connectivity index (χ0n) is 9.70. The summed E-state index contributed by atoms with van der Waals surface area (Å²) in [5, 5.41) is 2.42. The number of hydrogen-bond donors (Lipinski definition) is 2. The van der Waals surface area contributed by atoms with Crippen molar-refractivity contribution in [3.8, 4) is 0 Å². The third-order valence-corrected chi connectivity index (χ3v) is 3.69. The smallest absolute Gasteiger partial charge is 0.237 e. The first-order valence-corrected chi connectivity index (χ1v) is 6.50. The summed E-state index contributed by atoms with van der Waals surface area (Å²) in [6.45, 7) is 3.55. The first-order valence-electron chi connectivity index (χ1n) is 5.12. The first kappa shape index (κ1) is 13.6. The molecule has 1 amide bonds. The van der Waals surface area contributed by atoms with Gasteiger partial charge in [-0.2, -0.15) is 0 Å². The Morgan fingerprint density at radius 3 is 2.71 bits per heavy atom. The van der Waals surface area contributed by atoms with E-state index in [9.17, 15) is 13.4 Å². The highest BCUT2D eigenvalue weighted by Gasteiger charge is 2.12. The van der Waals surface area contributed by atoms with Gasteiger partial charge in [0, 0.05) is 16.0 Å². The summed E-state index contributed by atoms with van der Waals surface area (Å²) in [5.74, 6) is -0.948. The lowest BCUT2D eigenvalue weighted by Crippen LogP contribution is -2.23. The Labute approximate surface area is 102 Å². The molecule has 0 spiro atoms. The maximum Gasteiger partial charge on any atom is 0.237 e. The minimum absolute atomic E-state index is 0.0775. The molecule has 1 aromatic carbocycles. The highest BCUT2D eigenvalue weighted by atomic mass is 32.2. The first-order chi connectivity index (χ1) is 7.90. The van der Waals surface area contributed by atoms with Crippen molar-refractivity contribution in [2.75, 3.05) is 16.8 Å². The highest BCUT2D eigenvalue weighted by Crippen LogP contribution is 2.18. The molecule has 0 radical (unpaired) electrons. The molecule has 17 heavy (non-hydrogen) atoms. The van der Waals surface area contributed by atoms with Crippen molar-refractivity contribution < 1.29 is 13.4 Å². The molecule has 0 heterocycles. The van der Waals surface area contributed by atoms with E-state index in [-0.39, 0.29) is 16.7 Å². The number of amides is 1. The molecule has 6 heteroatoms. The summed E-state index contributed by atoms with van der Waals surface area (Å²) in [4.78, 5) is 11.5. The molecule has 0 aliphatic carbocycles. The molecule has 1 unspecified atom stereocenters. The number of benzene rings is 1. The Kier molecular flexibility index (Phi) is 4.62. The second-order valence-corrected chi connectivity index (χ2v) is 5.85. The van der Waals surface area contributed by atoms with Gasteiger partial charge in [0.15, 0.2) is 0 Å². The molecule has 0 aliphatic heterocycles. The van der Waals surface area contributed by atoms with Gasteiger partial charge in [0.2, 0.25) is 5.91 Å². The Hall–Kier alpha value is -1.43. The summed E-state index contributed by atoms with van der Waals surface area (Å²) in [6.07, 6.45) is 0. The van der Waals surface area contributed by atoms with Crippen LogP contribution in [0, 0.1) is 5.82 Å². The van der Waals surface area contributed by atoms with Crippen molar-refractivity contribution in [2.45, 2.75) is 19.1 Å². The van der Waals surface area contributed by atoms with Gasteiger partial charge in [0.1, 0.15) is 11.6 Å². The number of anilines is 2. The summed E-state index contributed by atoms with van der Waals surface area (Å²) < 4.78 is 24.2. The Morgan fingerprint density at radius 2 is 2.18 bits per heavy atom. The van der Waals surface area contributed by atoms with Crippen LogP contribution in [-0.4, -0.2) is 21.1 Å². The monoisotopic (exact) mass is 258 g/mol. The molecule has 0 saturated carbocycles. The zero-order valence-corrected chi connectivity index (χ0v) is 10.5. The Balaban J connectivity index is 2.65. The number of rotatable bonds is 4. The molecular weight excluding hydrogens is 243 g/mol. The highest BCUT2D eigenvalue weighted by molar-refractivity contribution is 7.86. The van der Waals surface area contributed by atoms with Crippen LogP contribution >= 0.6 is 0 Å². The topological polar surface area (TPSA) is 72.2 Å². The van der Waals surface area contributed by atoms with E-state index in [0.29, 0.717) is 5.69 Å². The fourth-order valence-corrected chi connectivity index (χ4v) is 1.79. The van der Waals surface area contributed by atoms with Crippen molar-refractivity contribution in [1.29, 1.82) is 0 Å². The maximum atomic E-state index is 12.8. The van der Waals surface area contributed by atoms with Crippen molar-refractivity contribution in [3.05, 3.63) is 24.0 Å². The van der Waals surface area contributed by atoms with Crippen LogP contribution in [0.15, 0.2) is 18.2 Å². The van der Waals surface area contributed by atoms with E-state index in [1.54, 1.807) is 13.8 Å². The standard InChI is InChI=1S/C11H15FN2O2S/c1-7(2)17(16)6-11(15)14-10-4-3-8(12)5-9(10)13/h3-5,7H,6,13H2,1-2H3,(H,14,15). The lowest BCUT2D eigenvalue weighted by molar-refractivity contribution is -0.113. The minimum atomic E-state index is -1.21. The molecule has 1 atom stereocenters. The quantitative estimate of drug-likeness (QED) is 0.804. The van der Waals surface area contributed by atoms with Crippen molar-refractivity contribution in [2.24, 2.45) is 0 Å². The number of carbonyl (C=O) groups excluding carboxylic acids is 1. The van der Waals surface area contributed by atoms with E-state index in [0.717, 1.165) is 6.07 Å².